The number of aryl methyl sites for hydroxylation is 1. The van der Waals surface area contributed by atoms with E-state index in [-0.39, 0.29) is 0 Å². The minimum absolute atomic E-state index is 0.632. The summed E-state index contributed by atoms with van der Waals surface area (Å²) >= 11 is 0. The van der Waals surface area contributed by atoms with Crippen LogP contribution in [0.5, 0.6) is 0 Å². The highest BCUT2D eigenvalue weighted by atomic mass is 15.4. The molecule has 1 unspecified atom stereocenters. The van der Waals surface area contributed by atoms with Crippen LogP contribution in [0.4, 0.5) is 5.82 Å². The topological polar surface area (TPSA) is 42.7 Å². The van der Waals surface area contributed by atoms with Gasteiger partial charge in [-0.15, -0.1) is 0 Å². The van der Waals surface area contributed by atoms with Crippen LogP contribution < -0.4 is 5.32 Å². The van der Waals surface area contributed by atoms with Crippen LogP contribution in [0.25, 0.3) is 11.0 Å². The molecule has 1 aliphatic heterocycles. The third-order valence-corrected chi connectivity index (χ3v) is 2.85. The summed E-state index contributed by atoms with van der Waals surface area (Å²) in [5.74, 6) is 1.75. The first-order valence-electron chi connectivity index (χ1n) is 5.32. The van der Waals surface area contributed by atoms with E-state index >= 15 is 0 Å². The molecule has 0 aromatic carbocycles. The van der Waals surface area contributed by atoms with Crippen molar-refractivity contribution in [2.75, 3.05) is 11.9 Å². The van der Waals surface area contributed by atoms with Crippen LogP contribution in [0.3, 0.4) is 0 Å². The SMILES string of the molecule is Cc1ccc2c3n(nc2n1)CC(C)CN3. The van der Waals surface area contributed by atoms with Crippen molar-refractivity contribution >= 4 is 16.9 Å². The molecule has 0 amide bonds. The van der Waals surface area contributed by atoms with Crippen molar-refractivity contribution in [2.45, 2.75) is 20.4 Å². The van der Waals surface area contributed by atoms with Gasteiger partial charge in [0, 0.05) is 18.8 Å². The highest BCUT2D eigenvalue weighted by Crippen LogP contribution is 2.26. The lowest BCUT2D eigenvalue weighted by molar-refractivity contribution is 0.447. The molecule has 78 valence electrons. The first-order valence-corrected chi connectivity index (χ1v) is 5.32. The van der Waals surface area contributed by atoms with Crippen LogP contribution in [0.2, 0.25) is 0 Å². The van der Waals surface area contributed by atoms with Gasteiger partial charge in [-0.05, 0) is 25.0 Å². The van der Waals surface area contributed by atoms with Gasteiger partial charge in [0.15, 0.2) is 5.65 Å². The summed E-state index contributed by atoms with van der Waals surface area (Å²) < 4.78 is 2.03. The first kappa shape index (κ1) is 8.71. The maximum Gasteiger partial charge on any atom is 0.183 e. The standard InChI is InChI=1S/C11H14N4/c1-7-5-12-11-9-4-3-8(2)13-10(9)14-15(11)6-7/h3-4,7,12H,5-6H2,1-2H3. The average Bonchev–Trinajstić information content (AvgIpc) is 2.53. The molecule has 2 aromatic rings. The van der Waals surface area contributed by atoms with E-state index in [0.29, 0.717) is 5.92 Å². The number of pyridine rings is 1. The van der Waals surface area contributed by atoms with E-state index in [1.807, 2.05) is 17.7 Å². The fourth-order valence-electron chi connectivity index (χ4n) is 2.06. The van der Waals surface area contributed by atoms with Crippen molar-refractivity contribution in [1.82, 2.24) is 14.8 Å². The molecule has 0 aliphatic carbocycles. The lowest BCUT2D eigenvalue weighted by Crippen LogP contribution is -2.25. The largest absolute Gasteiger partial charge is 0.369 e. The van der Waals surface area contributed by atoms with Crippen LogP contribution >= 0.6 is 0 Å². The molecule has 3 heterocycles. The third kappa shape index (κ3) is 1.28. The maximum absolute atomic E-state index is 4.51. The van der Waals surface area contributed by atoms with E-state index in [2.05, 4.69) is 28.4 Å². The van der Waals surface area contributed by atoms with Gasteiger partial charge in [-0.1, -0.05) is 6.92 Å². The van der Waals surface area contributed by atoms with Gasteiger partial charge in [0.05, 0.1) is 5.39 Å². The van der Waals surface area contributed by atoms with Crippen LogP contribution in [0, 0.1) is 12.8 Å². The predicted molar refractivity (Wildman–Crippen MR) is 59.9 cm³/mol. The van der Waals surface area contributed by atoms with Crippen LogP contribution in [0.1, 0.15) is 12.6 Å². The Hall–Kier alpha value is -1.58. The zero-order chi connectivity index (χ0) is 10.4. The Morgan fingerprint density at radius 3 is 3.20 bits per heavy atom. The Bertz CT molecular complexity index is 515. The van der Waals surface area contributed by atoms with Gasteiger partial charge in [0.25, 0.3) is 0 Å². The number of hydrogen-bond donors (Lipinski definition) is 1. The van der Waals surface area contributed by atoms with E-state index in [1.54, 1.807) is 0 Å². The fourth-order valence-corrected chi connectivity index (χ4v) is 2.06. The second kappa shape index (κ2) is 2.95. The molecule has 0 fully saturated rings. The number of aromatic nitrogens is 3. The minimum atomic E-state index is 0.632. The molecule has 4 heteroatoms. The molecule has 2 aromatic heterocycles. The van der Waals surface area contributed by atoms with E-state index < -0.39 is 0 Å². The van der Waals surface area contributed by atoms with E-state index in [1.165, 1.54) is 0 Å². The van der Waals surface area contributed by atoms with Gasteiger partial charge >= 0.3 is 0 Å². The molecule has 3 rings (SSSR count). The minimum Gasteiger partial charge on any atom is -0.369 e. The zero-order valence-corrected chi connectivity index (χ0v) is 8.99. The number of nitrogens with zero attached hydrogens (tertiary/aromatic N) is 3. The van der Waals surface area contributed by atoms with Crippen molar-refractivity contribution in [2.24, 2.45) is 5.92 Å². The number of anilines is 1. The van der Waals surface area contributed by atoms with Crippen molar-refractivity contribution in [3.8, 4) is 0 Å². The summed E-state index contributed by atoms with van der Waals surface area (Å²) in [5.41, 5.74) is 1.87. The molecule has 4 nitrogen and oxygen atoms in total. The van der Waals surface area contributed by atoms with Gasteiger partial charge in [-0.3, -0.25) is 0 Å². The first-order chi connectivity index (χ1) is 7.24. The summed E-state index contributed by atoms with van der Waals surface area (Å²) in [4.78, 5) is 4.43. The highest BCUT2D eigenvalue weighted by Gasteiger charge is 2.18. The zero-order valence-electron chi connectivity index (χ0n) is 8.99. The number of hydrogen-bond acceptors (Lipinski definition) is 3. The Labute approximate surface area is 88.3 Å². The van der Waals surface area contributed by atoms with Gasteiger partial charge in [-0.25, -0.2) is 9.67 Å². The fraction of sp³-hybridized carbons (Fsp3) is 0.455. The van der Waals surface area contributed by atoms with Crippen LogP contribution in [-0.2, 0) is 6.54 Å². The smallest absolute Gasteiger partial charge is 0.183 e. The molecule has 1 N–H and O–H groups in total. The Kier molecular flexibility index (Phi) is 1.71. The number of rotatable bonds is 0. The van der Waals surface area contributed by atoms with Gasteiger partial charge in [0.1, 0.15) is 5.82 Å². The number of fused-ring (bicyclic) bond motifs is 3. The van der Waals surface area contributed by atoms with E-state index in [9.17, 15) is 0 Å². The van der Waals surface area contributed by atoms with Crippen molar-refractivity contribution in [3.05, 3.63) is 17.8 Å². The van der Waals surface area contributed by atoms with Crippen molar-refractivity contribution < 1.29 is 0 Å². The molecule has 0 saturated carbocycles. The number of nitrogens with one attached hydrogen (secondary N) is 1. The normalized spacial score (nSPS) is 20.0. The second-order valence-corrected chi connectivity index (χ2v) is 4.34. The summed E-state index contributed by atoms with van der Waals surface area (Å²) in [6.07, 6.45) is 0. The Morgan fingerprint density at radius 2 is 2.33 bits per heavy atom. The molecular weight excluding hydrogens is 188 g/mol. The maximum atomic E-state index is 4.51. The molecule has 0 bridgehead atoms. The average molecular weight is 202 g/mol. The molecule has 1 atom stereocenters. The van der Waals surface area contributed by atoms with Crippen molar-refractivity contribution in [1.29, 1.82) is 0 Å². The van der Waals surface area contributed by atoms with Crippen LogP contribution in [0.15, 0.2) is 12.1 Å². The second-order valence-electron chi connectivity index (χ2n) is 4.34. The van der Waals surface area contributed by atoms with Crippen molar-refractivity contribution in [3.63, 3.8) is 0 Å². The van der Waals surface area contributed by atoms with Crippen LogP contribution in [-0.4, -0.2) is 21.3 Å². The quantitative estimate of drug-likeness (QED) is 0.708. The van der Waals surface area contributed by atoms with Gasteiger partial charge in [0.2, 0.25) is 0 Å². The Balaban J connectivity index is 2.23. The molecular formula is C11H14N4. The highest BCUT2D eigenvalue weighted by molar-refractivity contribution is 5.87. The lowest BCUT2D eigenvalue weighted by atomic mass is 10.1. The predicted octanol–water partition coefficient (Wildman–Crippen LogP) is 1.80. The van der Waals surface area contributed by atoms with E-state index in [4.69, 9.17) is 0 Å². The molecule has 0 spiro atoms. The monoisotopic (exact) mass is 202 g/mol. The summed E-state index contributed by atoms with van der Waals surface area (Å²) in [6.45, 7) is 6.22. The summed E-state index contributed by atoms with van der Waals surface area (Å²) in [5, 5.41) is 9.05. The van der Waals surface area contributed by atoms with Gasteiger partial charge in [-0.2, -0.15) is 5.10 Å². The Morgan fingerprint density at radius 1 is 1.47 bits per heavy atom. The summed E-state index contributed by atoms with van der Waals surface area (Å²) in [6, 6.07) is 4.13. The molecule has 0 saturated heterocycles. The lowest BCUT2D eigenvalue weighted by Gasteiger charge is -2.21. The molecule has 1 aliphatic rings. The van der Waals surface area contributed by atoms with E-state index in [0.717, 1.165) is 35.6 Å². The molecule has 0 radical (unpaired) electrons. The summed E-state index contributed by atoms with van der Waals surface area (Å²) in [7, 11) is 0. The van der Waals surface area contributed by atoms with Gasteiger partial charge < -0.3 is 5.32 Å². The third-order valence-electron chi connectivity index (χ3n) is 2.85. The molecule has 15 heavy (non-hydrogen) atoms.